The first kappa shape index (κ1) is 18.9. The zero-order valence-corrected chi connectivity index (χ0v) is 15.2. The van der Waals surface area contributed by atoms with Gasteiger partial charge in [0.25, 0.3) is 0 Å². The molecule has 0 bridgehead atoms. The number of benzene rings is 1. The van der Waals surface area contributed by atoms with E-state index in [0.717, 1.165) is 11.3 Å². The van der Waals surface area contributed by atoms with Crippen LogP contribution in [-0.4, -0.2) is 30.0 Å². The molecule has 0 spiro atoms. The maximum Gasteiger partial charge on any atom is 0.333 e. The maximum atomic E-state index is 11.3. The minimum absolute atomic E-state index is 0.110. The summed E-state index contributed by atoms with van der Waals surface area (Å²) in [5, 5.41) is 8.88. The van der Waals surface area contributed by atoms with Crippen LogP contribution in [0, 0.1) is 11.3 Å². The molecule has 0 saturated heterocycles. The average Bonchev–Trinajstić information content (AvgIpc) is 2.52. The van der Waals surface area contributed by atoms with Gasteiger partial charge in [0.1, 0.15) is 18.2 Å². The molecule has 120 valence electrons. The summed E-state index contributed by atoms with van der Waals surface area (Å²) >= 11 is 1.59. The van der Waals surface area contributed by atoms with Crippen molar-refractivity contribution in [2.75, 3.05) is 25.1 Å². The zero-order valence-electron chi connectivity index (χ0n) is 13.0. The molecule has 0 aliphatic carbocycles. The van der Waals surface area contributed by atoms with Crippen LogP contribution in [0.3, 0.4) is 0 Å². The van der Waals surface area contributed by atoms with Crippen LogP contribution in [0.5, 0.6) is 0 Å². The van der Waals surface area contributed by atoms with Gasteiger partial charge in [-0.2, -0.15) is 5.26 Å². The Balaban J connectivity index is 2.66. The minimum atomic E-state index is -0.397. The van der Waals surface area contributed by atoms with Crippen molar-refractivity contribution < 1.29 is 14.3 Å². The molecule has 0 aliphatic rings. The molecule has 0 fully saturated rings. The highest BCUT2D eigenvalue weighted by atomic mass is 127. The van der Waals surface area contributed by atoms with Crippen molar-refractivity contribution >= 4 is 44.1 Å². The molecule has 1 aromatic carbocycles. The van der Waals surface area contributed by atoms with Gasteiger partial charge in [-0.25, -0.2) is 4.79 Å². The van der Waals surface area contributed by atoms with E-state index in [1.54, 1.807) is 35.6 Å². The van der Waals surface area contributed by atoms with Gasteiger partial charge in [-0.1, -0.05) is 18.7 Å². The van der Waals surface area contributed by atoms with Gasteiger partial charge in [0.15, 0.2) is 0 Å². The number of hydrogen-bond acceptors (Lipinski definition) is 5. The Hall–Kier alpha value is -2.14. The van der Waals surface area contributed by atoms with Crippen LogP contribution in [0.25, 0.3) is 6.08 Å². The normalized spacial score (nSPS) is 10.6. The smallest absolute Gasteiger partial charge is 0.333 e. The van der Waals surface area contributed by atoms with Crippen LogP contribution in [0.4, 0.5) is 5.69 Å². The summed E-state index contributed by atoms with van der Waals surface area (Å²) in [4.78, 5) is 24.4. The molecule has 0 atom stereocenters. The van der Waals surface area contributed by atoms with E-state index in [9.17, 15) is 9.59 Å². The maximum absolute atomic E-state index is 11.3. The first-order chi connectivity index (χ1) is 10.8. The summed E-state index contributed by atoms with van der Waals surface area (Å²) in [7, 11) is 1.88. The molecule has 6 heteroatoms. The summed E-state index contributed by atoms with van der Waals surface area (Å²) in [6, 6.07) is 9.27. The topological polar surface area (TPSA) is 70.4 Å². The first-order valence-electron chi connectivity index (χ1n) is 6.80. The molecule has 0 unspecified atom stereocenters. The van der Waals surface area contributed by atoms with E-state index in [0.29, 0.717) is 12.1 Å². The van der Waals surface area contributed by atoms with Gasteiger partial charge in [0, 0.05) is 40.9 Å². The lowest BCUT2D eigenvalue weighted by atomic mass is 10.1. The molecule has 5 nitrogen and oxygen atoms in total. The molecular formula is C17H17IN2O3. The van der Waals surface area contributed by atoms with E-state index >= 15 is 0 Å². The van der Waals surface area contributed by atoms with Gasteiger partial charge in [-0.05, 0) is 30.7 Å². The summed E-state index contributed by atoms with van der Waals surface area (Å²) in [5.74, 6) is -0.397. The Morgan fingerprint density at radius 3 is 2.48 bits per heavy atom. The molecule has 1 aromatic rings. The van der Waals surface area contributed by atoms with E-state index in [1.807, 2.05) is 42.3 Å². The Kier molecular flexibility index (Phi) is 7.48. The fourth-order valence-electron chi connectivity index (χ4n) is 1.65. The quantitative estimate of drug-likeness (QED) is 0.221. The number of nitrogens with zero attached hydrogens (tertiary/aromatic N) is 2. The summed E-state index contributed by atoms with van der Waals surface area (Å²) in [5.41, 5.74) is 2.20. The summed E-state index contributed by atoms with van der Waals surface area (Å²) < 4.78 is 4.76. The van der Waals surface area contributed by atoms with Crippen molar-refractivity contribution in [3.05, 3.63) is 47.6 Å². The van der Waals surface area contributed by atoms with Crippen LogP contribution in [0.2, 0.25) is 0 Å². The van der Waals surface area contributed by atoms with Gasteiger partial charge in [0.05, 0.1) is 6.54 Å². The van der Waals surface area contributed by atoms with E-state index in [2.05, 4.69) is 6.58 Å². The third-order valence-corrected chi connectivity index (χ3v) is 3.57. The Bertz CT molecular complexity index is 672. The van der Waals surface area contributed by atoms with Crippen LogP contribution in [-0.2, 0) is 14.3 Å². The molecule has 0 radical (unpaired) electrons. The Morgan fingerprint density at radius 1 is 1.39 bits per heavy atom. The third kappa shape index (κ3) is 6.24. The number of rotatable bonds is 7. The van der Waals surface area contributed by atoms with Crippen LogP contribution >= 0.6 is 22.6 Å². The van der Waals surface area contributed by atoms with Gasteiger partial charge >= 0.3 is 5.97 Å². The number of allylic oxidation sites excluding steroid dienone is 1. The number of anilines is 1. The molecule has 0 heterocycles. The fourth-order valence-corrected chi connectivity index (χ4v) is 1.93. The minimum Gasteiger partial charge on any atom is -0.460 e. The first-order valence-corrected chi connectivity index (χ1v) is 7.88. The zero-order chi connectivity index (χ0) is 17.4. The predicted octanol–water partition coefficient (Wildman–Crippen LogP) is 3.11. The number of carbonyl (C=O) groups is 2. The molecule has 0 saturated carbocycles. The van der Waals surface area contributed by atoms with E-state index < -0.39 is 5.97 Å². The van der Waals surface area contributed by atoms with Crippen molar-refractivity contribution in [1.29, 1.82) is 5.26 Å². The second-order valence-electron chi connectivity index (χ2n) is 4.87. The number of hydrogen-bond donors (Lipinski definition) is 0. The molecule has 1 rings (SSSR count). The number of likely N-dealkylation sites (N-methyl/N-ethyl adjacent to an activating group) is 1. The fraction of sp³-hybridized carbons (Fsp3) is 0.235. The number of esters is 1. The molecular weight excluding hydrogens is 407 g/mol. The second-order valence-corrected chi connectivity index (χ2v) is 5.85. The third-order valence-electron chi connectivity index (χ3n) is 2.99. The highest BCUT2D eigenvalue weighted by Gasteiger charge is 2.06. The Morgan fingerprint density at radius 2 is 2.00 bits per heavy atom. The van der Waals surface area contributed by atoms with Crippen LogP contribution in [0.1, 0.15) is 12.5 Å². The van der Waals surface area contributed by atoms with Crippen molar-refractivity contribution in [2.45, 2.75) is 6.92 Å². The number of carbonyl (C=O) groups excluding carboxylic acids is 2. The second kappa shape index (κ2) is 9.10. The summed E-state index contributed by atoms with van der Waals surface area (Å²) in [6.45, 7) is 5.94. The van der Waals surface area contributed by atoms with Crippen LogP contribution in [0.15, 0.2) is 42.0 Å². The number of nitriles is 1. The van der Waals surface area contributed by atoms with E-state index in [-0.39, 0.29) is 16.0 Å². The molecule has 0 N–H and O–H groups in total. The van der Waals surface area contributed by atoms with E-state index in [1.165, 1.54) is 0 Å². The predicted molar refractivity (Wildman–Crippen MR) is 98.1 cm³/mol. The lowest BCUT2D eigenvalue weighted by molar-refractivity contribution is -0.138. The number of halogens is 1. The molecule has 0 amide bonds. The van der Waals surface area contributed by atoms with Crippen molar-refractivity contribution in [3.63, 3.8) is 0 Å². The van der Waals surface area contributed by atoms with Crippen LogP contribution < -0.4 is 4.90 Å². The lowest BCUT2D eigenvalue weighted by Crippen LogP contribution is -2.24. The van der Waals surface area contributed by atoms with Gasteiger partial charge in [-0.3, -0.25) is 4.79 Å². The number of ether oxygens (including phenoxy) is 1. The van der Waals surface area contributed by atoms with Crippen molar-refractivity contribution in [3.8, 4) is 6.07 Å². The Labute approximate surface area is 149 Å². The molecule has 0 aliphatic heterocycles. The van der Waals surface area contributed by atoms with E-state index in [4.69, 9.17) is 10.00 Å². The molecule has 23 heavy (non-hydrogen) atoms. The SMILES string of the molecule is C=C(C)C(=O)OCCN(C)c1ccc(/C=C(\C#N)C(=O)I)cc1. The highest BCUT2D eigenvalue weighted by Crippen LogP contribution is 2.16. The van der Waals surface area contributed by atoms with Gasteiger partial charge < -0.3 is 9.64 Å². The van der Waals surface area contributed by atoms with Gasteiger partial charge in [-0.15, -0.1) is 0 Å². The highest BCUT2D eigenvalue weighted by molar-refractivity contribution is 14.1. The largest absolute Gasteiger partial charge is 0.460 e. The molecule has 0 aromatic heterocycles. The average molecular weight is 424 g/mol. The van der Waals surface area contributed by atoms with Crippen molar-refractivity contribution in [1.82, 2.24) is 0 Å². The lowest BCUT2D eigenvalue weighted by Gasteiger charge is -2.19. The standard InChI is InChI=1S/C17H17IN2O3/c1-12(2)17(22)23-9-8-20(3)15-6-4-13(5-7-15)10-14(11-19)16(18)21/h4-7,10H,1,8-9H2,2-3H3/b14-10+. The van der Waals surface area contributed by atoms with Crippen molar-refractivity contribution in [2.24, 2.45) is 0 Å². The summed E-state index contributed by atoms with van der Waals surface area (Å²) in [6.07, 6.45) is 1.55. The monoisotopic (exact) mass is 424 g/mol. The van der Waals surface area contributed by atoms with Gasteiger partial charge in [0.2, 0.25) is 3.79 Å².